The van der Waals surface area contributed by atoms with Gasteiger partial charge in [0.2, 0.25) is 0 Å². The van der Waals surface area contributed by atoms with Gasteiger partial charge in [0.05, 0.1) is 10.4 Å². The van der Waals surface area contributed by atoms with Crippen LogP contribution in [0.1, 0.15) is 10.4 Å². The molecule has 1 aliphatic heterocycles. The number of hydrogen-bond donors (Lipinski definition) is 0. The van der Waals surface area contributed by atoms with Crippen molar-refractivity contribution >= 4 is 39.0 Å². The van der Waals surface area contributed by atoms with E-state index in [2.05, 4.69) is 36.0 Å². The number of carbonyl (C=O) groups excluding carboxylic acids is 1. The first-order chi connectivity index (χ1) is 12.7. The molecule has 4 rings (SSSR count). The fourth-order valence-corrected chi connectivity index (χ4v) is 3.95. The number of hydrogen-bond acceptors (Lipinski definition) is 6. The second kappa shape index (κ2) is 7.51. The normalized spacial score (nSPS) is 14.5. The average Bonchev–Trinajstić information content (AvgIpc) is 3.23. The molecule has 0 aliphatic carbocycles. The average molecular weight is 430 g/mol. The van der Waals surface area contributed by atoms with Crippen LogP contribution in [0.3, 0.4) is 0 Å². The Hall–Kier alpha value is -2.32. The summed E-state index contributed by atoms with van der Waals surface area (Å²) < 4.78 is 0.808. The maximum Gasteiger partial charge on any atom is 0.255 e. The van der Waals surface area contributed by atoms with Gasteiger partial charge in [0.1, 0.15) is 5.69 Å². The van der Waals surface area contributed by atoms with Crippen LogP contribution >= 0.6 is 27.3 Å². The van der Waals surface area contributed by atoms with E-state index < -0.39 is 0 Å². The van der Waals surface area contributed by atoms with Crippen molar-refractivity contribution in [2.24, 2.45) is 0 Å². The lowest BCUT2D eigenvalue weighted by Crippen LogP contribution is -2.49. The zero-order valence-electron chi connectivity index (χ0n) is 13.9. The Bertz CT molecular complexity index is 892. The van der Waals surface area contributed by atoms with Gasteiger partial charge in [0.15, 0.2) is 5.82 Å². The highest BCUT2D eigenvalue weighted by Gasteiger charge is 2.23. The first-order valence-electron chi connectivity index (χ1n) is 8.23. The van der Waals surface area contributed by atoms with Gasteiger partial charge in [-0.15, -0.1) is 21.5 Å². The first-order valence-corrected chi connectivity index (χ1v) is 9.90. The monoisotopic (exact) mass is 429 g/mol. The Morgan fingerprint density at radius 2 is 1.92 bits per heavy atom. The highest BCUT2D eigenvalue weighted by Crippen LogP contribution is 2.23. The highest BCUT2D eigenvalue weighted by atomic mass is 79.9. The third-order valence-electron chi connectivity index (χ3n) is 4.27. The van der Waals surface area contributed by atoms with E-state index in [1.165, 1.54) is 0 Å². The van der Waals surface area contributed by atoms with E-state index >= 15 is 0 Å². The van der Waals surface area contributed by atoms with Gasteiger partial charge in [-0.2, -0.15) is 0 Å². The van der Waals surface area contributed by atoms with Gasteiger partial charge < -0.3 is 9.80 Å². The smallest absolute Gasteiger partial charge is 0.255 e. The van der Waals surface area contributed by atoms with Crippen LogP contribution in [-0.2, 0) is 0 Å². The summed E-state index contributed by atoms with van der Waals surface area (Å²) in [6.45, 7) is 2.78. The number of anilines is 1. The Morgan fingerprint density at radius 3 is 2.58 bits per heavy atom. The Morgan fingerprint density at radius 1 is 1.08 bits per heavy atom. The summed E-state index contributed by atoms with van der Waals surface area (Å²) in [5.74, 6) is 0.860. The standard InChI is InChI=1S/C18H16BrN5OS/c19-14-10-13(11-20-12-14)18(25)24-7-5-23(6-8-24)17-4-3-15(21-22-17)16-2-1-9-26-16/h1-4,9-12H,5-8H2. The van der Waals surface area contributed by atoms with E-state index in [1.807, 2.05) is 34.5 Å². The molecule has 3 aromatic rings. The number of halogens is 1. The maximum atomic E-state index is 12.6. The first kappa shape index (κ1) is 17.1. The van der Waals surface area contributed by atoms with E-state index in [4.69, 9.17) is 0 Å². The molecule has 0 spiro atoms. The van der Waals surface area contributed by atoms with E-state index in [0.29, 0.717) is 18.7 Å². The number of rotatable bonds is 3. The molecule has 0 atom stereocenters. The summed E-state index contributed by atoms with van der Waals surface area (Å²) in [7, 11) is 0. The number of pyridine rings is 1. The van der Waals surface area contributed by atoms with Gasteiger partial charge in [-0.3, -0.25) is 9.78 Å². The molecule has 26 heavy (non-hydrogen) atoms. The van der Waals surface area contributed by atoms with E-state index in [1.54, 1.807) is 29.8 Å². The van der Waals surface area contributed by atoms with Gasteiger partial charge in [0.25, 0.3) is 5.91 Å². The maximum absolute atomic E-state index is 12.6. The van der Waals surface area contributed by atoms with Crippen LogP contribution in [0.15, 0.2) is 52.6 Å². The third-order valence-corrected chi connectivity index (χ3v) is 5.59. The molecule has 0 N–H and O–H groups in total. The molecule has 0 bridgehead atoms. The Labute approximate surface area is 163 Å². The van der Waals surface area contributed by atoms with Crippen LogP contribution < -0.4 is 4.90 Å². The number of nitrogens with zero attached hydrogens (tertiary/aromatic N) is 5. The molecule has 8 heteroatoms. The quantitative estimate of drug-likeness (QED) is 0.638. The predicted octanol–water partition coefficient (Wildman–Crippen LogP) is 3.33. The van der Waals surface area contributed by atoms with Crippen LogP contribution in [0, 0.1) is 0 Å². The Kier molecular flexibility index (Phi) is 4.94. The second-order valence-electron chi connectivity index (χ2n) is 5.93. The molecule has 0 radical (unpaired) electrons. The summed E-state index contributed by atoms with van der Waals surface area (Å²) in [5.41, 5.74) is 1.49. The molecule has 0 saturated carbocycles. The van der Waals surface area contributed by atoms with Crippen LogP contribution in [0.25, 0.3) is 10.6 Å². The van der Waals surface area contributed by atoms with E-state index in [9.17, 15) is 4.79 Å². The molecule has 132 valence electrons. The van der Waals surface area contributed by atoms with Gasteiger partial charge in [-0.1, -0.05) is 6.07 Å². The van der Waals surface area contributed by atoms with Crippen molar-refractivity contribution < 1.29 is 4.79 Å². The number of thiophene rings is 1. The minimum atomic E-state index is 0.0116. The van der Waals surface area contributed by atoms with Crippen molar-refractivity contribution in [3.05, 3.63) is 58.1 Å². The lowest BCUT2D eigenvalue weighted by Gasteiger charge is -2.35. The van der Waals surface area contributed by atoms with Crippen molar-refractivity contribution in [1.29, 1.82) is 0 Å². The van der Waals surface area contributed by atoms with E-state index in [0.717, 1.165) is 34.0 Å². The topological polar surface area (TPSA) is 62.2 Å². The largest absolute Gasteiger partial charge is 0.352 e. The molecule has 1 fully saturated rings. The van der Waals surface area contributed by atoms with Crippen LogP contribution in [-0.4, -0.2) is 52.2 Å². The SMILES string of the molecule is O=C(c1cncc(Br)c1)N1CCN(c2ccc(-c3cccs3)nn2)CC1. The minimum absolute atomic E-state index is 0.0116. The van der Waals surface area contributed by atoms with E-state index in [-0.39, 0.29) is 5.91 Å². The highest BCUT2D eigenvalue weighted by molar-refractivity contribution is 9.10. The molecule has 0 unspecified atom stereocenters. The van der Waals surface area contributed by atoms with Crippen molar-refractivity contribution in [2.45, 2.75) is 0 Å². The molecule has 4 heterocycles. The number of piperazine rings is 1. The second-order valence-corrected chi connectivity index (χ2v) is 7.79. The fourth-order valence-electron chi connectivity index (χ4n) is 2.90. The molecule has 0 aromatic carbocycles. The Balaban J connectivity index is 1.39. The molecule has 1 amide bonds. The van der Waals surface area contributed by atoms with Crippen molar-refractivity contribution in [3.8, 4) is 10.6 Å². The summed E-state index contributed by atoms with van der Waals surface area (Å²) in [5, 5.41) is 10.7. The fraction of sp³-hybridized carbons (Fsp3) is 0.222. The zero-order valence-corrected chi connectivity index (χ0v) is 16.3. The van der Waals surface area contributed by atoms with Crippen molar-refractivity contribution in [1.82, 2.24) is 20.1 Å². The van der Waals surface area contributed by atoms with Gasteiger partial charge in [0, 0.05) is 43.0 Å². The van der Waals surface area contributed by atoms with Crippen molar-refractivity contribution in [2.75, 3.05) is 31.1 Å². The summed E-state index contributed by atoms with van der Waals surface area (Å²) in [4.78, 5) is 21.8. The number of aromatic nitrogens is 3. The van der Waals surface area contributed by atoms with Crippen LogP contribution in [0.2, 0.25) is 0 Å². The third kappa shape index (κ3) is 3.61. The minimum Gasteiger partial charge on any atom is -0.352 e. The molecule has 6 nitrogen and oxygen atoms in total. The van der Waals surface area contributed by atoms with Gasteiger partial charge >= 0.3 is 0 Å². The van der Waals surface area contributed by atoms with Crippen LogP contribution in [0.4, 0.5) is 5.82 Å². The summed E-state index contributed by atoms with van der Waals surface area (Å²) >= 11 is 5.01. The van der Waals surface area contributed by atoms with Gasteiger partial charge in [-0.05, 0) is 45.6 Å². The zero-order chi connectivity index (χ0) is 17.9. The lowest BCUT2D eigenvalue weighted by molar-refractivity contribution is 0.0746. The predicted molar refractivity (Wildman–Crippen MR) is 105 cm³/mol. The molecular weight excluding hydrogens is 414 g/mol. The lowest BCUT2D eigenvalue weighted by atomic mass is 10.2. The molecule has 1 aliphatic rings. The summed E-state index contributed by atoms with van der Waals surface area (Å²) in [6.07, 6.45) is 3.28. The molecular formula is C18H16BrN5OS. The van der Waals surface area contributed by atoms with Crippen LogP contribution in [0.5, 0.6) is 0 Å². The van der Waals surface area contributed by atoms with Gasteiger partial charge in [-0.25, -0.2) is 0 Å². The van der Waals surface area contributed by atoms with Crippen molar-refractivity contribution in [3.63, 3.8) is 0 Å². The summed E-state index contributed by atoms with van der Waals surface area (Å²) in [6, 6.07) is 9.84. The molecule has 1 saturated heterocycles. The number of amides is 1. The number of carbonyl (C=O) groups is 1. The molecule has 3 aromatic heterocycles.